The molecule has 2 N–H and O–H groups in total. The van der Waals surface area contributed by atoms with Gasteiger partial charge < -0.3 is 30.2 Å². The minimum absolute atomic E-state index is 0.187. The van der Waals surface area contributed by atoms with Crippen molar-refractivity contribution in [3.63, 3.8) is 0 Å². The van der Waals surface area contributed by atoms with Crippen molar-refractivity contribution in [2.24, 2.45) is 0 Å². The Morgan fingerprint density at radius 1 is 0.600 bits per heavy atom. The van der Waals surface area contributed by atoms with Crippen LogP contribution in [0.1, 0.15) is 71.4 Å². The fourth-order valence-corrected chi connectivity index (χ4v) is 7.78. The van der Waals surface area contributed by atoms with Crippen molar-refractivity contribution in [2.75, 3.05) is 85.9 Å². The second-order valence-electron chi connectivity index (χ2n) is 14.9. The van der Waals surface area contributed by atoms with Crippen molar-refractivity contribution in [1.29, 1.82) is 0 Å². The summed E-state index contributed by atoms with van der Waals surface area (Å²) in [6, 6.07) is 17.6. The minimum Gasteiger partial charge on any atom is -0.385 e. The van der Waals surface area contributed by atoms with Gasteiger partial charge in [0.25, 0.3) is 23.2 Å². The van der Waals surface area contributed by atoms with Crippen LogP contribution in [0.3, 0.4) is 0 Å². The van der Waals surface area contributed by atoms with Gasteiger partial charge in [-0.05, 0) is 61.4 Å². The molecule has 2 amide bonds. The SMILES string of the molecule is CCNc1ccc([N+](=O)[O-])cc1C(=O)N1CCN(c2ccc(C(C)C(=O)C(C)c3ccc(N4CCN(C(=O)c5cc([N+](=O)[O-])ccc5NCC)CC4)c(F)c3)cc2F)CC1. The molecule has 4 aromatic carbocycles. The summed E-state index contributed by atoms with van der Waals surface area (Å²) in [5.74, 6) is -3.37. The largest absolute Gasteiger partial charge is 0.385 e. The van der Waals surface area contributed by atoms with Crippen LogP contribution < -0.4 is 20.4 Å². The maximum atomic E-state index is 15.7. The van der Waals surface area contributed by atoms with Gasteiger partial charge >= 0.3 is 0 Å². The van der Waals surface area contributed by atoms with E-state index >= 15 is 8.78 Å². The first kappa shape index (κ1) is 42.9. The summed E-state index contributed by atoms with van der Waals surface area (Å²) in [6.45, 7) is 10.5. The average molecular weight is 827 g/mol. The first-order chi connectivity index (χ1) is 28.7. The molecule has 0 aromatic heterocycles. The number of benzene rings is 4. The zero-order valence-electron chi connectivity index (χ0n) is 34.0. The molecule has 0 spiro atoms. The molecular weight excluding hydrogens is 779 g/mol. The van der Waals surface area contributed by atoms with E-state index in [0.717, 1.165) is 0 Å². The van der Waals surface area contributed by atoms with Gasteiger partial charge in [-0.2, -0.15) is 0 Å². The first-order valence-corrected chi connectivity index (χ1v) is 20.0. The number of carbonyl (C=O) groups excluding carboxylic acids is 3. The summed E-state index contributed by atoms with van der Waals surface area (Å²) in [5.41, 5.74) is 2.62. The van der Waals surface area contributed by atoms with Crippen molar-refractivity contribution < 1.29 is 33.0 Å². The number of rotatable bonds is 14. The molecule has 2 atom stereocenters. The second-order valence-corrected chi connectivity index (χ2v) is 14.9. The summed E-state index contributed by atoms with van der Waals surface area (Å²) >= 11 is 0. The number of amides is 2. The van der Waals surface area contributed by atoms with Crippen LogP contribution in [0.25, 0.3) is 0 Å². The van der Waals surface area contributed by atoms with Crippen molar-refractivity contribution in [2.45, 2.75) is 39.5 Å². The highest BCUT2D eigenvalue weighted by atomic mass is 19.1. The van der Waals surface area contributed by atoms with Crippen LogP contribution in [0, 0.1) is 31.9 Å². The predicted octanol–water partition coefficient (Wildman–Crippen LogP) is 7.05. The van der Waals surface area contributed by atoms with E-state index in [1.54, 1.807) is 47.9 Å². The number of non-ortho nitro benzene ring substituents is 2. The number of hydrogen-bond acceptors (Lipinski definition) is 11. The summed E-state index contributed by atoms with van der Waals surface area (Å²) < 4.78 is 31.3. The van der Waals surface area contributed by atoms with Gasteiger partial charge in [0.1, 0.15) is 17.4 Å². The molecule has 60 heavy (non-hydrogen) atoms. The zero-order chi connectivity index (χ0) is 43.2. The fourth-order valence-electron chi connectivity index (χ4n) is 7.78. The van der Waals surface area contributed by atoms with E-state index in [-0.39, 0.29) is 66.3 Å². The van der Waals surface area contributed by atoms with Crippen LogP contribution in [-0.4, -0.2) is 103 Å². The van der Waals surface area contributed by atoms with E-state index < -0.39 is 33.3 Å². The van der Waals surface area contributed by atoms with E-state index in [4.69, 9.17) is 0 Å². The number of piperazine rings is 2. The maximum absolute atomic E-state index is 15.7. The summed E-state index contributed by atoms with van der Waals surface area (Å²) in [7, 11) is 0. The molecule has 2 heterocycles. The highest BCUT2D eigenvalue weighted by Gasteiger charge is 2.30. The van der Waals surface area contributed by atoms with E-state index in [1.807, 2.05) is 23.6 Å². The number of nitro groups is 2. The van der Waals surface area contributed by atoms with Crippen molar-refractivity contribution in [3.05, 3.63) is 127 Å². The Morgan fingerprint density at radius 2 is 0.967 bits per heavy atom. The number of nitrogens with zero attached hydrogens (tertiary/aromatic N) is 6. The molecule has 0 bridgehead atoms. The van der Waals surface area contributed by atoms with Crippen LogP contribution in [-0.2, 0) is 4.79 Å². The highest BCUT2D eigenvalue weighted by molar-refractivity contribution is 6.01. The van der Waals surface area contributed by atoms with Gasteiger partial charge in [0, 0.05) is 113 Å². The van der Waals surface area contributed by atoms with Gasteiger partial charge in [-0.3, -0.25) is 34.6 Å². The molecule has 0 radical (unpaired) electrons. The van der Waals surface area contributed by atoms with Crippen LogP contribution in [0.15, 0.2) is 72.8 Å². The maximum Gasteiger partial charge on any atom is 0.270 e. The molecule has 17 heteroatoms. The van der Waals surface area contributed by atoms with E-state index in [1.165, 1.54) is 48.5 Å². The molecule has 2 unspecified atom stereocenters. The number of halogens is 2. The van der Waals surface area contributed by atoms with Gasteiger partial charge in [-0.15, -0.1) is 0 Å². The van der Waals surface area contributed by atoms with E-state index in [2.05, 4.69) is 10.6 Å². The number of nitro benzene ring substituents is 2. The zero-order valence-corrected chi connectivity index (χ0v) is 34.0. The predicted molar refractivity (Wildman–Crippen MR) is 225 cm³/mol. The molecule has 316 valence electrons. The van der Waals surface area contributed by atoms with Crippen molar-refractivity contribution in [3.8, 4) is 0 Å². The van der Waals surface area contributed by atoms with Crippen LogP contribution in [0.5, 0.6) is 0 Å². The topological polar surface area (TPSA) is 175 Å². The smallest absolute Gasteiger partial charge is 0.270 e. The third kappa shape index (κ3) is 9.14. The Balaban J connectivity index is 1.05. The lowest BCUT2D eigenvalue weighted by atomic mass is 9.85. The molecule has 0 aliphatic carbocycles. The Kier molecular flexibility index (Phi) is 13.2. The van der Waals surface area contributed by atoms with Crippen molar-refractivity contribution in [1.82, 2.24) is 9.80 Å². The van der Waals surface area contributed by atoms with Gasteiger partial charge in [-0.1, -0.05) is 26.0 Å². The third-order valence-corrected chi connectivity index (χ3v) is 11.2. The second kappa shape index (κ2) is 18.5. The van der Waals surface area contributed by atoms with E-state index in [0.29, 0.717) is 73.1 Å². The highest BCUT2D eigenvalue weighted by Crippen LogP contribution is 2.33. The first-order valence-electron chi connectivity index (χ1n) is 20.0. The lowest BCUT2D eigenvalue weighted by Gasteiger charge is -2.36. The number of Topliss-reactive ketones (excluding diaryl/α,β-unsaturated/α-hetero) is 1. The van der Waals surface area contributed by atoms with Gasteiger partial charge in [0.15, 0.2) is 0 Å². The molecule has 0 saturated carbocycles. The van der Waals surface area contributed by atoms with Gasteiger partial charge in [0.05, 0.1) is 32.3 Å². The fraction of sp³-hybridized carbons (Fsp3) is 0.372. The van der Waals surface area contributed by atoms with E-state index in [9.17, 15) is 34.6 Å². The van der Waals surface area contributed by atoms with Gasteiger partial charge in [-0.25, -0.2) is 8.78 Å². The molecule has 15 nitrogen and oxygen atoms in total. The molecule has 2 aliphatic rings. The Labute approximate surface area is 346 Å². The minimum atomic E-state index is -0.702. The monoisotopic (exact) mass is 826 g/mol. The number of hydrogen-bond donors (Lipinski definition) is 2. The van der Waals surface area contributed by atoms with Gasteiger partial charge in [0.2, 0.25) is 0 Å². The van der Waals surface area contributed by atoms with Crippen LogP contribution >= 0.6 is 0 Å². The summed E-state index contributed by atoms with van der Waals surface area (Å²) in [5, 5.41) is 28.9. The molecule has 4 aromatic rings. The van der Waals surface area contributed by atoms with Crippen LogP contribution in [0.2, 0.25) is 0 Å². The molecule has 2 fully saturated rings. The number of nitrogens with one attached hydrogen (secondary N) is 2. The Hall–Kier alpha value is -6.65. The standard InChI is InChI=1S/C43H48F2N8O7/c1-5-46-37-11-9-31(52(57)58)25-33(37)42(55)50-19-15-48(16-20-50)39-13-7-29(23-35(39)44)27(3)41(54)28(4)30-8-14-40(36(45)24-30)49-17-21-51(22-18-49)43(56)34-26-32(53(59)60)10-12-38(34)47-6-2/h7-14,23-28,46-47H,5-6,15-22H2,1-4H3. The number of carbonyl (C=O) groups is 3. The number of ketones is 1. The molecular formula is C43H48F2N8O7. The Bertz CT molecular complexity index is 2140. The lowest BCUT2D eigenvalue weighted by Crippen LogP contribution is -2.49. The molecule has 2 saturated heterocycles. The quantitative estimate of drug-likeness (QED) is 0.0986. The normalized spacial score (nSPS) is 15.3. The summed E-state index contributed by atoms with van der Waals surface area (Å²) in [6.07, 6.45) is 0. The Morgan fingerprint density at radius 3 is 1.28 bits per heavy atom. The average Bonchev–Trinajstić information content (AvgIpc) is 3.25. The number of anilines is 4. The van der Waals surface area contributed by atoms with Crippen LogP contribution in [0.4, 0.5) is 42.9 Å². The summed E-state index contributed by atoms with van der Waals surface area (Å²) in [4.78, 5) is 69.1. The van der Waals surface area contributed by atoms with Crippen molar-refractivity contribution >= 4 is 51.7 Å². The lowest BCUT2D eigenvalue weighted by molar-refractivity contribution is -0.385. The molecule has 2 aliphatic heterocycles. The third-order valence-electron chi connectivity index (χ3n) is 11.2. The molecule has 6 rings (SSSR count).